The number of nitrogens with zero attached hydrogens (tertiary/aromatic N) is 5. The number of anilines is 4. The molecule has 4 aromatic rings. The number of hydrogen-bond donors (Lipinski definition) is 2. The van der Waals surface area contributed by atoms with Gasteiger partial charge in [0.2, 0.25) is 17.8 Å². The smallest absolute Gasteiger partial charge is 0.250 e. The van der Waals surface area contributed by atoms with Crippen molar-refractivity contribution in [3.05, 3.63) is 89.7 Å². The molecule has 3 aromatic carbocycles. The first-order chi connectivity index (χ1) is 19.7. The van der Waals surface area contributed by atoms with Gasteiger partial charge in [-0.3, -0.25) is 0 Å². The lowest BCUT2D eigenvalue weighted by atomic mass is 10.2. The second-order valence-corrected chi connectivity index (χ2v) is 8.76. The number of hydrazone groups is 1. The fourth-order valence-corrected chi connectivity index (χ4v) is 3.95. The van der Waals surface area contributed by atoms with E-state index >= 15 is 0 Å². The van der Waals surface area contributed by atoms with Gasteiger partial charge < -0.3 is 24.4 Å². The Morgan fingerprint density at radius 2 is 1.70 bits per heavy atom. The molecule has 10 nitrogen and oxygen atoms in total. The minimum Gasteiger partial charge on any atom is -0.490 e. The average Bonchev–Trinajstić information content (AvgIpc) is 2.98. The highest BCUT2D eigenvalue weighted by atomic mass is 19.1. The van der Waals surface area contributed by atoms with Crippen LogP contribution in [0.25, 0.3) is 0 Å². The van der Waals surface area contributed by atoms with Crippen LogP contribution in [0.15, 0.2) is 77.9 Å². The lowest BCUT2D eigenvalue weighted by molar-refractivity contribution is 0.122. The number of nitrogens with one attached hydrogen (secondary N) is 2. The number of benzene rings is 3. The lowest BCUT2D eigenvalue weighted by Crippen LogP contribution is -2.37. The van der Waals surface area contributed by atoms with E-state index < -0.39 is 0 Å². The van der Waals surface area contributed by atoms with E-state index in [2.05, 4.69) is 30.8 Å². The van der Waals surface area contributed by atoms with Gasteiger partial charge in [0.15, 0.2) is 11.5 Å². The Morgan fingerprint density at radius 3 is 2.50 bits per heavy atom. The van der Waals surface area contributed by atoms with Crippen LogP contribution in [0.3, 0.4) is 0 Å². The summed E-state index contributed by atoms with van der Waals surface area (Å²) in [5, 5.41) is 7.56. The predicted molar refractivity (Wildman–Crippen MR) is 152 cm³/mol. The molecular weight excluding hydrogens is 513 g/mol. The number of para-hydroxylation sites is 1. The molecule has 1 aliphatic heterocycles. The molecule has 0 radical (unpaired) electrons. The molecule has 5 rings (SSSR count). The molecule has 1 aliphatic rings. The molecule has 0 amide bonds. The highest BCUT2D eigenvalue weighted by molar-refractivity contribution is 5.81. The lowest BCUT2D eigenvalue weighted by Gasteiger charge is -2.27. The van der Waals surface area contributed by atoms with E-state index in [-0.39, 0.29) is 12.4 Å². The Balaban J connectivity index is 1.31. The van der Waals surface area contributed by atoms with Crippen molar-refractivity contribution in [1.82, 2.24) is 15.0 Å². The van der Waals surface area contributed by atoms with Crippen molar-refractivity contribution in [2.75, 3.05) is 48.6 Å². The summed E-state index contributed by atoms with van der Waals surface area (Å²) in [6.45, 7) is 5.00. The van der Waals surface area contributed by atoms with E-state index in [9.17, 15) is 4.39 Å². The molecule has 11 heteroatoms. The van der Waals surface area contributed by atoms with Crippen LogP contribution in [0, 0.1) is 5.82 Å². The molecule has 0 spiro atoms. The van der Waals surface area contributed by atoms with Crippen LogP contribution < -0.4 is 25.1 Å². The van der Waals surface area contributed by atoms with Crippen molar-refractivity contribution >= 4 is 29.7 Å². The third-order valence-electron chi connectivity index (χ3n) is 5.93. The van der Waals surface area contributed by atoms with Crippen LogP contribution in [0.4, 0.5) is 27.9 Å². The normalized spacial score (nSPS) is 13.3. The molecule has 2 N–H and O–H groups in total. The molecule has 0 bridgehead atoms. The zero-order valence-corrected chi connectivity index (χ0v) is 22.1. The Bertz CT molecular complexity index is 1430. The number of hydrogen-bond acceptors (Lipinski definition) is 10. The Morgan fingerprint density at radius 1 is 0.925 bits per heavy atom. The maximum absolute atomic E-state index is 14.0. The number of aromatic nitrogens is 3. The van der Waals surface area contributed by atoms with E-state index in [1.54, 1.807) is 36.5 Å². The molecule has 206 valence electrons. The quantitative estimate of drug-likeness (QED) is 0.199. The van der Waals surface area contributed by atoms with Gasteiger partial charge >= 0.3 is 0 Å². The Hall–Kier alpha value is -4.77. The molecule has 0 saturated carbocycles. The molecule has 1 aromatic heterocycles. The fourth-order valence-electron chi connectivity index (χ4n) is 3.95. The fraction of sp³-hybridized carbons (Fsp3) is 0.241. The van der Waals surface area contributed by atoms with Crippen LogP contribution >= 0.6 is 0 Å². The molecule has 0 unspecified atom stereocenters. The summed E-state index contributed by atoms with van der Waals surface area (Å²) in [7, 11) is 0. The summed E-state index contributed by atoms with van der Waals surface area (Å²) in [6, 6.07) is 21.6. The topological polar surface area (TPSA) is 106 Å². The average molecular weight is 544 g/mol. The van der Waals surface area contributed by atoms with E-state index in [0.717, 1.165) is 11.3 Å². The number of rotatable bonds is 11. The first kappa shape index (κ1) is 26.8. The molecule has 0 atom stereocenters. The van der Waals surface area contributed by atoms with Gasteiger partial charge in [-0.2, -0.15) is 20.1 Å². The first-order valence-electron chi connectivity index (χ1n) is 13.0. The van der Waals surface area contributed by atoms with Gasteiger partial charge in [-0.05, 0) is 48.9 Å². The summed E-state index contributed by atoms with van der Waals surface area (Å²) >= 11 is 0. The van der Waals surface area contributed by atoms with Crippen molar-refractivity contribution in [3.63, 3.8) is 0 Å². The standard InChI is InChI=1S/C29H30FN7O3/c1-2-39-26-18-21(12-13-25(26)40-20-22-8-6-7-11-24(22)30)19-31-36-28-33-27(32-23-9-4-3-5-10-23)34-29(35-28)37-14-16-38-17-15-37/h3-13,18-19H,2,14-17,20H2,1H3,(H2,32,33,34,35,36)/b31-19+. The third kappa shape index (κ3) is 7.20. The molecule has 2 heterocycles. The summed E-state index contributed by atoms with van der Waals surface area (Å²) in [6.07, 6.45) is 1.63. The number of ether oxygens (including phenoxy) is 3. The van der Waals surface area contributed by atoms with E-state index in [1.807, 2.05) is 48.2 Å². The van der Waals surface area contributed by atoms with Crippen LogP contribution in [-0.4, -0.2) is 54.1 Å². The van der Waals surface area contributed by atoms with Crippen molar-refractivity contribution in [1.29, 1.82) is 0 Å². The van der Waals surface area contributed by atoms with E-state index in [1.165, 1.54) is 6.07 Å². The molecule has 1 saturated heterocycles. The highest BCUT2D eigenvalue weighted by Crippen LogP contribution is 2.29. The maximum Gasteiger partial charge on any atom is 0.250 e. The van der Waals surface area contributed by atoms with Gasteiger partial charge in [-0.25, -0.2) is 9.82 Å². The van der Waals surface area contributed by atoms with Crippen LogP contribution in [-0.2, 0) is 11.3 Å². The highest BCUT2D eigenvalue weighted by Gasteiger charge is 2.17. The molecular formula is C29H30FN7O3. The SMILES string of the molecule is CCOc1cc(/C=N/Nc2nc(Nc3ccccc3)nc(N3CCOCC3)n2)ccc1OCc1ccccc1F. The summed E-state index contributed by atoms with van der Waals surface area (Å²) in [5.74, 6) is 1.96. The van der Waals surface area contributed by atoms with Gasteiger partial charge in [0.1, 0.15) is 12.4 Å². The summed E-state index contributed by atoms with van der Waals surface area (Å²) < 4.78 is 31.1. The Kier molecular flexibility index (Phi) is 8.95. The van der Waals surface area contributed by atoms with E-state index in [0.29, 0.717) is 67.8 Å². The molecule has 40 heavy (non-hydrogen) atoms. The Labute approximate surface area is 231 Å². The summed E-state index contributed by atoms with van der Waals surface area (Å²) in [5.41, 5.74) is 5.00. The van der Waals surface area contributed by atoms with Gasteiger partial charge in [0, 0.05) is 24.3 Å². The maximum atomic E-state index is 14.0. The first-order valence-corrected chi connectivity index (χ1v) is 13.0. The zero-order valence-electron chi connectivity index (χ0n) is 22.1. The van der Waals surface area contributed by atoms with Crippen molar-refractivity contribution < 1.29 is 18.6 Å². The largest absolute Gasteiger partial charge is 0.490 e. The van der Waals surface area contributed by atoms with Gasteiger partial charge in [-0.1, -0.05) is 36.4 Å². The van der Waals surface area contributed by atoms with Gasteiger partial charge in [0.25, 0.3) is 0 Å². The minimum atomic E-state index is -0.312. The minimum absolute atomic E-state index is 0.0892. The monoisotopic (exact) mass is 543 g/mol. The number of morpholine rings is 1. The van der Waals surface area contributed by atoms with Crippen LogP contribution in [0.1, 0.15) is 18.1 Å². The van der Waals surface area contributed by atoms with Crippen molar-refractivity contribution in [2.45, 2.75) is 13.5 Å². The second kappa shape index (κ2) is 13.3. The van der Waals surface area contributed by atoms with Gasteiger partial charge in [0.05, 0.1) is 26.0 Å². The molecule has 1 fully saturated rings. The van der Waals surface area contributed by atoms with Gasteiger partial charge in [-0.15, -0.1) is 0 Å². The molecule has 0 aliphatic carbocycles. The summed E-state index contributed by atoms with van der Waals surface area (Å²) in [4.78, 5) is 15.7. The zero-order chi connectivity index (χ0) is 27.6. The van der Waals surface area contributed by atoms with Crippen LogP contribution in [0.5, 0.6) is 11.5 Å². The predicted octanol–water partition coefficient (Wildman–Crippen LogP) is 5.01. The second-order valence-electron chi connectivity index (χ2n) is 8.76. The number of halogens is 1. The van der Waals surface area contributed by atoms with E-state index in [4.69, 9.17) is 14.2 Å². The van der Waals surface area contributed by atoms with Crippen molar-refractivity contribution in [3.8, 4) is 11.5 Å². The third-order valence-corrected chi connectivity index (χ3v) is 5.93. The van der Waals surface area contributed by atoms with Crippen molar-refractivity contribution in [2.24, 2.45) is 5.10 Å². The van der Waals surface area contributed by atoms with Crippen LogP contribution in [0.2, 0.25) is 0 Å².